The summed E-state index contributed by atoms with van der Waals surface area (Å²) in [4.78, 5) is 11.6. The van der Waals surface area contributed by atoms with Crippen molar-refractivity contribution in [3.63, 3.8) is 0 Å². The number of halogens is 3. The van der Waals surface area contributed by atoms with Gasteiger partial charge in [-0.05, 0) is 24.6 Å². The Morgan fingerprint density at radius 2 is 1.92 bits per heavy atom. The van der Waals surface area contributed by atoms with E-state index in [2.05, 4.69) is 20.8 Å². The molecule has 5 nitrogen and oxygen atoms in total. The molecule has 9 heteroatoms. The first-order valence-corrected chi connectivity index (χ1v) is 8.61. The third-order valence-corrected chi connectivity index (χ3v) is 5.30. The third-order valence-electron chi connectivity index (χ3n) is 4.08. The average molecular weight is 370 g/mol. The largest absolute Gasteiger partial charge is 0.416 e. The Morgan fingerprint density at radius 1 is 1.24 bits per heavy atom. The minimum atomic E-state index is -4.35. The lowest BCUT2D eigenvalue weighted by atomic mass is 10.0. The van der Waals surface area contributed by atoms with Crippen LogP contribution < -0.4 is 10.6 Å². The van der Waals surface area contributed by atoms with Gasteiger partial charge in [-0.25, -0.2) is 0 Å². The highest BCUT2D eigenvalue weighted by Crippen LogP contribution is 2.33. The summed E-state index contributed by atoms with van der Waals surface area (Å²) in [6.07, 6.45) is -4.21. The average Bonchev–Trinajstić information content (AvgIpc) is 3.02. The molecule has 1 amide bonds. The first-order valence-electron chi connectivity index (χ1n) is 7.80. The van der Waals surface area contributed by atoms with Gasteiger partial charge in [-0.15, -0.1) is 10.2 Å². The minimum Gasteiger partial charge on any atom is -0.341 e. The molecule has 1 fully saturated rings. The van der Waals surface area contributed by atoms with Crippen LogP contribution in [0.15, 0.2) is 24.3 Å². The predicted molar refractivity (Wildman–Crippen MR) is 87.0 cm³/mol. The van der Waals surface area contributed by atoms with Crippen LogP contribution >= 0.6 is 11.3 Å². The summed E-state index contributed by atoms with van der Waals surface area (Å²) in [5, 5.41) is 15.7. The maximum Gasteiger partial charge on any atom is 0.416 e. The van der Waals surface area contributed by atoms with Crippen LogP contribution in [0.2, 0.25) is 0 Å². The summed E-state index contributed by atoms with van der Waals surface area (Å²) in [6, 6.07) is 4.87. The molecule has 2 aromatic rings. The Labute approximate surface area is 146 Å². The van der Waals surface area contributed by atoms with Gasteiger partial charge in [0.05, 0.1) is 17.8 Å². The maximum atomic E-state index is 12.7. The highest BCUT2D eigenvalue weighted by Gasteiger charge is 2.31. The third kappa shape index (κ3) is 3.98. The van der Waals surface area contributed by atoms with Crippen LogP contribution in [0, 0.1) is 0 Å². The standard InChI is InChI=1S/C16H17F3N4OS/c1-8(10-3-5-11(6-4-10)16(17,18)19)14-22-23-15(25-14)12-7-13(24)21-9(2)20-12/h3-6,8-9,12,20H,7H2,1-2H3,(H,21,24)/t8-,9?,12?/m0/s1. The van der Waals surface area contributed by atoms with Crippen LogP contribution in [0.1, 0.15) is 53.4 Å². The molecule has 0 radical (unpaired) electrons. The summed E-state index contributed by atoms with van der Waals surface area (Å²) in [6.45, 7) is 3.72. The second-order valence-corrected chi connectivity index (χ2v) is 7.07. The molecule has 0 spiro atoms. The summed E-state index contributed by atoms with van der Waals surface area (Å²) < 4.78 is 38.0. The molecular weight excluding hydrogens is 353 g/mol. The fourth-order valence-corrected chi connectivity index (χ4v) is 3.70. The molecule has 2 heterocycles. The molecule has 0 saturated carbocycles. The lowest BCUT2D eigenvalue weighted by Gasteiger charge is -2.27. The number of alkyl halides is 3. The van der Waals surface area contributed by atoms with Gasteiger partial charge < -0.3 is 5.32 Å². The zero-order valence-corrected chi connectivity index (χ0v) is 14.4. The number of nitrogens with zero attached hydrogens (tertiary/aromatic N) is 2. The summed E-state index contributed by atoms with van der Waals surface area (Å²) >= 11 is 1.37. The van der Waals surface area contributed by atoms with Crippen molar-refractivity contribution in [1.82, 2.24) is 20.8 Å². The van der Waals surface area contributed by atoms with Gasteiger partial charge in [-0.3, -0.25) is 10.1 Å². The highest BCUT2D eigenvalue weighted by atomic mass is 32.1. The number of carbonyl (C=O) groups is 1. The molecule has 1 aromatic carbocycles. The topological polar surface area (TPSA) is 66.9 Å². The van der Waals surface area contributed by atoms with Gasteiger partial charge in [0.25, 0.3) is 0 Å². The molecule has 0 aliphatic carbocycles. The Bertz CT molecular complexity index is 759. The smallest absolute Gasteiger partial charge is 0.341 e. The van der Waals surface area contributed by atoms with Gasteiger partial charge in [0.2, 0.25) is 5.91 Å². The van der Waals surface area contributed by atoms with Gasteiger partial charge >= 0.3 is 6.18 Å². The molecule has 1 saturated heterocycles. The van der Waals surface area contributed by atoms with E-state index >= 15 is 0 Å². The van der Waals surface area contributed by atoms with Crippen molar-refractivity contribution in [3.05, 3.63) is 45.4 Å². The van der Waals surface area contributed by atoms with E-state index in [0.717, 1.165) is 17.7 Å². The van der Waals surface area contributed by atoms with Crippen LogP contribution in [0.4, 0.5) is 13.2 Å². The zero-order valence-electron chi connectivity index (χ0n) is 13.6. The van der Waals surface area contributed by atoms with Crippen molar-refractivity contribution in [3.8, 4) is 0 Å². The van der Waals surface area contributed by atoms with E-state index < -0.39 is 11.7 Å². The van der Waals surface area contributed by atoms with E-state index in [-0.39, 0.29) is 30.5 Å². The van der Waals surface area contributed by atoms with Gasteiger partial charge in [0, 0.05) is 12.3 Å². The van der Waals surface area contributed by atoms with E-state index in [0.29, 0.717) is 10.0 Å². The normalized spacial score (nSPS) is 22.5. The number of nitrogens with one attached hydrogen (secondary N) is 2. The predicted octanol–water partition coefficient (Wildman–Crippen LogP) is 3.21. The number of carbonyl (C=O) groups excluding carboxylic acids is 1. The molecule has 2 unspecified atom stereocenters. The Kier molecular flexibility index (Phi) is 4.79. The van der Waals surface area contributed by atoms with E-state index in [4.69, 9.17) is 0 Å². The molecule has 0 bridgehead atoms. The van der Waals surface area contributed by atoms with Gasteiger partial charge in [0.15, 0.2) is 0 Å². The van der Waals surface area contributed by atoms with Gasteiger partial charge in [-0.1, -0.05) is 30.4 Å². The van der Waals surface area contributed by atoms with Crippen molar-refractivity contribution in [2.45, 2.75) is 44.6 Å². The second-order valence-electron chi connectivity index (χ2n) is 6.03. The van der Waals surface area contributed by atoms with Crippen molar-refractivity contribution in [2.75, 3.05) is 0 Å². The van der Waals surface area contributed by atoms with E-state index in [1.807, 2.05) is 13.8 Å². The lowest BCUT2D eigenvalue weighted by Crippen LogP contribution is -2.50. The van der Waals surface area contributed by atoms with Crippen molar-refractivity contribution >= 4 is 17.2 Å². The van der Waals surface area contributed by atoms with Gasteiger partial charge in [0.1, 0.15) is 10.0 Å². The van der Waals surface area contributed by atoms with E-state index in [1.54, 1.807) is 0 Å². The van der Waals surface area contributed by atoms with Crippen LogP contribution in [-0.2, 0) is 11.0 Å². The number of aromatic nitrogens is 2. The lowest BCUT2D eigenvalue weighted by molar-refractivity contribution is -0.137. The summed E-state index contributed by atoms with van der Waals surface area (Å²) in [7, 11) is 0. The SMILES string of the molecule is CC1NC(=O)CC(c2nnc([C@@H](C)c3ccc(C(F)(F)F)cc3)s2)N1. The minimum absolute atomic E-state index is 0.0520. The first kappa shape index (κ1) is 17.8. The molecule has 1 aromatic heterocycles. The van der Waals surface area contributed by atoms with E-state index in [9.17, 15) is 18.0 Å². The molecule has 134 valence electrons. The van der Waals surface area contributed by atoms with Gasteiger partial charge in [-0.2, -0.15) is 13.2 Å². The van der Waals surface area contributed by atoms with Crippen LogP contribution in [0.3, 0.4) is 0 Å². The van der Waals surface area contributed by atoms with Crippen molar-refractivity contribution in [2.24, 2.45) is 0 Å². The molecule has 1 aliphatic rings. The summed E-state index contributed by atoms with van der Waals surface area (Å²) in [5.41, 5.74) is 0.0613. The monoisotopic (exact) mass is 370 g/mol. The number of benzene rings is 1. The molecular formula is C16H17F3N4OS. The zero-order chi connectivity index (χ0) is 18.2. The molecule has 2 N–H and O–H groups in total. The van der Waals surface area contributed by atoms with Crippen LogP contribution in [0.5, 0.6) is 0 Å². The summed E-state index contributed by atoms with van der Waals surface area (Å²) in [5.74, 6) is -0.229. The molecule has 25 heavy (non-hydrogen) atoms. The van der Waals surface area contributed by atoms with E-state index in [1.165, 1.54) is 23.5 Å². The fraction of sp³-hybridized carbons (Fsp3) is 0.438. The quantitative estimate of drug-likeness (QED) is 0.871. The first-order chi connectivity index (χ1) is 11.7. The number of rotatable bonds is 3. The number of hydrogen-bond acceptors (Lipinski definition) is 5. The number of amides is 1. The maximum absolute atomic E-state index is 12.7. The molecule has 3 rings (SSSR count). The molecule has 3 atom stereocenters. The van der Waals surface area contributed by atoms with Crippen LogP contribution in [0.25, 0.3) is 0 Å². The van der Waals surface area contributed by atoms with Crippen molar-refractivity contribution in [1.29, 1.82) is 0 Å². The fourth-order valence-electron chi connectivity index (χ4n) is 2.71. The van der Waals surface area contributed by atoms with Crippen LogP contribution in [-0.4, -0.2) is 22.3 Å². The molecule has 1 aliphatic heterocycles. The Hall–Kier alpha value is -2.00. The number of hydrogen-bond donors (Lipinski definition) is 2. The van der Waals surface area contributed by atoms with Crippen molar-refractivity contribution < 1.29 is 18.0 Å². The Balaban J connectivity index is 1.76. The second kappa shape index (κ2) is 6.72. The highest BCUT2D eigenvalue weighted by molar-refractivity contribution is 7.11. The Morgan fingerprint density at radius 3 is 2.52 bits per heavy atom.